The SMILES string of the molecule is CNC(=O)N1Cc2ccccc2C2(CCN(C(=O)CC3C4CC5CC(C4)CC3C5)CC2)C1. The lowest BCUT2D eigenvalue weighted by Crippen LogP contribution is -2.55. The number of amides is 3. The average Bonchev–Trinajstić information content (AvgIpc) is 2.81. The van der Waals surface area contributed by atoms with Gasteiger partial charge >= 0.3 is 6.03 Å². The number of fused-ring (bicyclic) bond motifs is 2. The lowest BCUT2D eigenvalue weighted by Gasteiger charge is -2.54. The van der Waals surface area contributed by atoms with Crippen molar-refractivity contribution >= 4 is 11.9 Å². The molecule has 32 heavy (non-hydrogen) atoms. The Balaban J connectivity index is 1.14. The molecule has 1 aromatic rings. The van der Waals surface area contributed by atoms with Gasteiger partial charge in [-0.3, -0.25) is 4.79 Å². The standard InChI is InChI=1S/C27H37N3O2/c1-28-26(32)30-16-20-4-2-3-5-24(20)27(17-30)6-8-29(9-7-27)25(31)15-23-21-11-18-10-19(13-21)14-22(23)12-18/h2-5,18-19,21-23H,6-17H2,1H3,(H,28,32). The monoisotopic (exact) mass is 435 g/mol. The van der Waals surface area contributed by atoms with E-state index in [0.29, 0.717) is 18.4 Å². The number of urea groups is 1. The van der Waals surface area contributed by atoms with E-state index in [9.17, 15) is 9.59 Å². The highest BCUT2D eigenvalue weighted by molar-refractivity contribution is 5.77. The molecule has 5 heteroatoms. The number of likely N-dealkylation sites (tertiary alicyclic amines) is 1. The van der Waals surface area contributed by atoms with Gasteiger partial charge in [-0.1, -0.05) is 24.3 Å². The van der Waals surface area contributed by atoms with Crippen LogP contribution in [-0.4, -0.2) is 48.4 Å². The van der Waals surface area contributed by atoms with Crippen molar-refractivity contribution in [2.24, 2.45) is 29.6 Å². The highest BCUT2D eigenvalue weighted by atomic mass is 16.2. The molecule has 1 aromatic carbocycles. The third-order valence-electron chi connectivity index (χ3n) is 9.85. The summed E-state index contributed by atoms with van der Waals surface area (Å²) in [7, 11) is 1.71. The van der Waals surface area contributed by atoms with Crippen molar-refractivity contribution in [1.29, 1.82) is 0 Å². The van der Waals surface area contributed by atoms with E-state index in [-0.39, 0.29) is 11.4 Å². The number of nitrogens with one attached hydrogen (secondary N) is 1. The molecule has 1 N–H and O–H groups in total. The zero-order valence-corrected chi connectivity index (χ0v) is 19.4. The number of piperidine rings is 1. The second kappa shape index (κ2) is 7.78. The third kappa shape index (κ3) is 3.34. The Morgan fingerprint density at radius 1 is 0.969 bits per heavy atom. The van der Waals surface area contributed by atoms with E-state index in [1.54, 1.807) is 7.05 Å². The topological polar surface area (TPSA) is 52.7 Å². The number of benzene rings is 1. The second-order valence-corrected chi connectivity index (χ2v) is 11.5. The van der Waals surface area contributed by atoms with E-state index in [1.807, 2.05) is 4.90 Å². The molecule has 2 heterocycles. The zero-order valence-electron chi connectivity index (χ0n) is 19.4. The molecule has 172 valence electrons. The number of rotatable bonds is 2. The lowest BCUT2D eigenvalue weighted by atomic mass is 9.51. The van der Waals surface area contributed by atoms with E-state index >= 15 is 0 Å². The first-order valence-electron chi connectivity index (χ1n) is 12.9. The van der Waals surface area contributed by atoms with Gasteiger partial charge in [0.2, 0.25) is 5.91 Å². The fourth-order valence-electron chi connectivity index (χ4n) is 8.50. The zero-order chi connectivity index (χ0) is 21.9. The Hall–Kier alpha value is -2.04. The maximum Gasteiger partial charge on any atom is 0.317 e. The molecule has 5 fully saturated rings. The Labute approximate surface area is 191 Å². The summed E-state index contributed by atoms with van der Waals surface area (Å²) in [5, 5.41) is 2.81. The molecule has 6 aliphatic rings. The number of carbonyl (C=O) groups is 2. The minimum atomic E-state index is -0.0270. The molecule has 4 bridgehead atoms. The summed E-state index contributed by atoms with van der Waals surface area (Å²) in [6, 6.07) is 8.61. The smallest absolute Gasteiger partial charge is 0.317 e. The molecular weight excluding hydrogens is 398 g/mol. The van der Waals surface area contributed by atoms with Crippen LogP contribution in [0.25, 0.3) is 0 Å². The third-order valence-corrected chi connectivity index (χ3v) is 9.85. The molecule has 0 aromatic heterocycles. The Morgan fingerprint density at radius 2 is 1.62 bits per heavy atom. The summed E-state index contributed by atoms with van der Waals surface area (Å²) >= 11 is 0. The van der Waals surface area contributed by atoms with Crippen molar-refractivity contribution in [1.82, 2.24) is 15.1 Å². The summed E-state index contributed by atoms with van der Waals surface area (Å²) in [5.74, 6) is 4.60. The van der Waals surface area contributed by atoms with Crippen molar-refractivity contribution in [2.75, 3.05) is 26.7 Å². The maximum atomic E-state index is 13.4. The van der Waals surface area contributed by atoms with E-state index < -0.39 is 0 Å². The predicted octanol–water partition coefficient (Wildman–Crippen LogP) is 4.16. The molecule has 5 nitrogen and oxygen atoms in total. The second-order valence-electron chi connectivity index (χ2n) is 11.5. The van der Waals surface area contributed by atoms with Crippen LogP contribution < -0.4 is 5.32 Å². The first-order valence-corrected chi connectivity index (χ1v) is 12.9. The first-order chi connectivity index (χ1) is 15.5. The predicted molar refractivity (Wildman–Crippen MR) is 124 cm³/mol. The van der Waals surface area contributed by atoms with Crippen molar-refractivity contribution in [2.45, 2.75) is 63.3 Å². The highest BCUT2D eigenvalue weighted by Gasteiger charge is 2.49. The van der Waals surface area contributed by atoms with Crippen LogP contribution in [0.1, 0.15) is 62.5 Å². The molecule has 4 aliphatic carbocycles. The summed E-state index contributed by atoms with van der Waals surface area (Å²) < 4.78 is 0. The number of carbonyl (C=O) groups excluding carboxylic acids is 2. The normalized spacial score (nSPS) is 34.5. The maximum absolute atomic E-state index is 13.4. The van der Waals surface area contributed by atoms with Gasteiger partial charge in [0.15, 0.2) is 0 Å². The molecule has 7 rings (SSSR count). The Bertz CT molecular complexity index is 876. The molecule has 2 aliphatic heterocycles. The fraction of sp³-hybridized carbons (Fsp3) is 0.704. The van der Waals surface area contributed by atoms with Crippen LogP contribution in [-0.2, 0) is 16.8 Å². The summed E-state index contributed by atoms with van der Waals surface area (Å²) in [5.41, 5.74) is 2.63. The van der Waals surface area contributed by atoms with E-state index in [2.05, 4.69) is 34.5 Å². The minimum absolute atomic E-state index is 0.000675. The van der Waals surface area contributed by atoms with Crippen LogP contribution in [0.2, 0.25) is 0 Å². The van der Waals surface area contributed by atoms with Gasteiger partial charge in [-0.05, 0) is 85.7 Å². The van der Waals surface area contributed by atoms with Gasteiger partial charge in [-0.2, -0.15) is 0 Å². The molecule has 0 unspecified atom stereocenters. The number of hydrogen-bond acceptors (Lipinski definition) is 2. The first kappa shape index (κ1) is 20.6. The van der Waals surface area contributed by atoms with Crippen LogP contribution in [0.3, 0.4) is 0 Å². The van der Waals surface area contributed by atoms with Crippen LogP contribution >= 0.6 is 0 Å². The fourth-order valence-corrected chi connectivity index (χ4v) is 8.50. The van der Waals surface area contributed by atoms with Crippen LogP contribution in [0, 0.1) is 29.6 Å². The summed E-state index contributed by atoms with van der Waals surface area (Å²) in [4.78, 5) is 29.9. The molecular formula is C27H37N3O2. The van der Waals surface area contributed by atoms with Crippen molar-refractivity contribution in [3.8, 4) is 0 Å². The molecule has 4 saturated carbocycles. The molecule has 0 radical (unpaired) electrons. The van der Waals surface area contributed by atoms with E-state index in [4.69, 9.17) is 0 Å². The van der Waals surface area contributed by atoms with Crippen molar-refractivity contribution in [3.05, 3.63) is 35.4 Å². The van der Waals surface area contributed by atoms with Crippen molar-refractivity contribution in [3.63, 3.8) is 0 Å². The van der Waals surface area contributed by atoms with Gasteiger partial charge in [-0.15, -0.1) is 0 Å². The van der Waals surface area contributed by atoms with E-state index in [1.165, 1.54) is 43.2 Å². The van der Waals surface area contributed by atoms with Gasteiger partial charge in [-0.25, -0.2) is 4.79 Å². The average molecular weight is 436 g/mol. The van der Waals surface area contributed by atoms with Gasteiger partial charge < -0.3 is 15.1 Å². The highest BCUT2D eigenvalue weighted by Crippen LogP contribution is 2.57. The largest absolute Gasteiger partial charge is 0.343 e. The quantitative estimate of drug-likeness (QED) is 0.758. The van der Waals surface area contributed by atoms with Gasteiger partial charge in [0.1, 0.15) is 0 Å². The van der Waals surface area contributed by atoms with Gasteiger partial charge in [0.25, 0.3) is 0 Å². The van der Waals surface area contributed by atoms with Crippen LogP contribution in [0.4, 0.5) is 4.79 Å². The summed E-state index contributed by atoms with van der Waals surface area (Å²) in [6.45, 7) is 3.07. The van der Waals surface area contributed by atoms with Crippen LogP contribution in [0.15, 0.2) is 24.3 Å². The number of hydrogen-bond donors (Lipinski definition) is 1. The molecule has 1 saturated heterocycles. The van der Waals surface area contributed by atoms with Gasteiger partial charge in [0.05, 0.1) is 0 Å². The Kier molecular flexibility index (Phi) is 5.00. The van der Waals surface area contributed by atoms with Crippen LogP contribution in [0.5, 0.6) is 0 Å². The molecule has 0 atom stereocenters. The van der Waals surface area contributed by atoms with Gasteiger partial charge in [0, 0.05) is 45.1 Å². The molecule has 1 spiro atoms. The Morgan fingerprint density at radius 3 is 2.28 bits per heavy atom. The molecule has 3 amide bonds. The minimum Gasteiger partial charge on any atom is -0.343 e. The van der Waals surface area contributed by atoms with Crippen molar-refractivity contribution < 1.29 is 9.59 Å². The van der Waals surface area contributed by atoms with E-state index in [0.717, 1.165) is 62.6 Å². The lowest BCUT2D eigenvalue weighted by molar-refractivity contribution is -0.138. The summed E-state index contributed by atoms with van der Waals surface area (Å²) in [6.07, 6.45) is 9.70. The number of nitrogens with zero attached hydrogens (tertiary/aromatic N) is 2.